The Morgan fingerprint density at radius 2 is 1.55 bits per heavy atom. The lowest BCUT2D eigenvalue weighted by molar-refractivity contribution is -0.120. The normalized spacial score (nSPS) is 11.5. The van der Waals surface area contributed by atoms with Gasteiger partial charge in [-0.25, -0.2) is 0 Å². The summed E-state index contributed by atoms with van der Waals surface area (Å²) >= 11 is 0. The van der Waals surface area contributed by atoms with Crippen LogP contribution in [0.2, 0.25) is 0 Å². The van der Waals surface area contributed by atoms with Crippen molar-refractivity contribution in [2.24, 2.45) is 4.99 Å². The Hall–Kier alpha value is -2.74. The molecule has 0 amide bonds. The molecule has 0 saturated carbocycles. The first kappa shape index (κ1) is 15.6. The number of hydrogen-bond acceptors (Lipinski definition) is 2. The van der Waals surface area contributed by atoms with E-state index in [1.54, 1.807) is 30.3 Å². The fraction of sp³-hybridized carbons (Fsp3) is 0.118. The maximum absolute atomic E-state index is 12.5. The van der Waals surface area contributed by atoms with Crippen molar-refractivity contribution in [3.63, 3.8) is 0 Å². The zero-order valence-corrected chi connectivity index (χ0v) is 11.5. The molecule has 112 valence electrons. The Kier molecular flexibility index (Phi) is 5.21. The third-order valence-corrected chi connectivity index (χ3v) is 2.54. The Balaban J connectivity index is 2.09. The number of hydrogen-bond donors (Lipinski definition) is 0. The van der Waals surface area contributed by atoms with E-state index < -0.39 is 12.2 Å². The highest BCUT2D eigenvalue weighted by atomic mass is 19.4. The van der Waals surface area contributed by atoms with E-state index in [4.69, 9.17) is 4.74 Å². The van der Waals surface area contributed by atoms with Crippen LogP contribution in [0.5, 0.6) is 0 Å². The molecule has 2 rings (SSSR count). The highest BCUT2D eigenvalue weighted by molar-refractivity contribution is 5.94. The Labute approximate surface area is 126 Å². The monoisotopic (exact) mass is 303 g/mol. The molecule has 0 heterocycles. The van der Waals surface area contributed by atoms with Crippen molar-refractivity contribution < 1.29 is 17.9 Å². The van der Waals surface area contributed by atoms with Gasteiger partial charge < -0.3 is 4.74 Å². The van der Waals surface area contributed by atoms with Gasteiger partial charge in [0, 0.05) is 11.1 Å². The van der Waals surface area contributed by atoms with Crippen molar-refractivity contribution in [1.29, 1.82) is 0 Å². The molecular formula is C17H12F3NO. The summed E-state index contributed by atoms with van der Waals surface area (Å²) in [6, 6.07) is 17.0. The number of benzene rings is 2. The molecule has 2 aromatic rings. The van der Waals surface area contributed by atoms with Gasteiger partial charge >= 0.3 is 6.30 Å². The maximum atomic E-state index is 12.5. The number of ether oxygens (including phenoxy) is 1. The predicted molar refractivity (Wildman–Crippen MR) is 78.3 cm³/mol. The summed E-state index contributed by atoms with van der Waals surface area (Å²) in [6.45, 7) is -0.182. The van der Waals surface area contributed by atoms with Gasteiger partial charge in [-0.1, -0.05) is 48.2 Å². The lowest BCUT2D eigenvalue weighted by Gasteiger charge is -2.08. The van der Waals surface area contributed by atoms with Crippen molar-refractivity contribution in [1.82, 2.24) is 0 Å². The van der Waals surface area contributed by atoms with Crippen molar-refractivity contribution in [2.75, 3.05) is 6.61 Å². The van der Waals surface area contributed by atoms with Crippen LogP contribution in [-0.4, -0.2) is 18.8 Å². The largest absolute Gasteiger partial charge is 0.506 e. The number of halogens is 3. The first-order valence-electron chi connectivity index (χ1n) is 6.43. The number of rotatable bonds is 2. The summed E-state index contributed by atoms with van der Waals surface area (Å²) in [4.78, 5) is 2.65. The highest BCUT2D eigenvalue weighted by Crippen LogP contribution is 2.18. The van der Waals surface area contributed by atoms with Gasteiger partial charge in [0.2, 0.25) is 5.90 Å². The second kappa shape index (κ2) is 7.32. The van der Waals surface area contributed by atoms with E-state index in [0.29, 0.717) is 0 Å². The molecule has 22 heavy (non-hydrogen) atoms. The van der Waals surface area contributed by atoms with Crippen LogP contribution in [0.3, 0.4) is 0 Å². The first-order valence-corrected chi connectivity index (χ1v) is 6.43. The van der Waals surface area contributed by atoms with Gasteiger partial charge in [0.15, 0.2) is 6.61 Å². The van der Waals surface area contributed by atoms with Crippen LogP contribution < -0.4 is 0 Å². The molecule has 0 saturated heterocycles. The summed E-state index contributed by atoms with van der Waals surface area (Å²) < 4.78 is 42.5. The van der Waals surface area contributed by atoms with E-state index in [1.807, 2.05) is 18.2 Å². The van der Waals surface area contributed by atoms with Crippen LogP contribution in [0, 0.1) is 11.8 Å². The minimum atomic E-state index is -4.70. The van der Waals surface area contributed by atoms with E-state index in [2.05, 4.69) is 16.8 Å². The van der Waals surface area contributed by atoms with Crippen LogP contribution in [-0.2, 0) is 4.74 Å². The summed E-state index contributed by atoms with van der Waals surface area (Å²) in [7, 11) is 0. The van der Waals surface area contributed by atoms with Gasteiger partial charge in [0.25, 0.3) is 0 Å². The van der Waals surface area contributed by atoms with Gasteiger partial charge in [-0.3, -0.25) is 0 Å². The molecule has 0 aliphatic rings. The zero-order valence-electron chi connectivity index (χ0n) is 11.5. The van der Waals surface area contributed by atoms with E-state index in [1.165, 1.54) is 12.1 Å². The zero-order chi connectivity index (χ0) is 15.8. The first-order chi connectivity index (χ1) is 10.5. The Morgan fingerprint density at radius 3 is 2.14 bits per heavy atom. The van der Waals surface area contributed by atoms with E-state index >= 15 is 0 Å². The average Bonchev–Trinajstić information content (AvgIpc) is 2.51. The van der Waals surface area contributed by atoms with Gasteiger partial charge in [-0.2, -0.15) is 0 Å². The quantitative estimate of drug-likeness (QED) is 0.355. The average molecular weight is 303 g/mol. The molecule has 0 N–H and O–H groups in total. The Bertz CT molecular complexity index is 683. The van der Waals surface area contributed by atoms with Gasteiger partial charge in [0.05, 0.1) is 0 Å². The fourth-order valence-electron chi connectivity index (χ4n) is 1.64. The van der Waals surface area contributed by atoms with E-state index in [9.17, 15) is 13.2 Å². The molecule has 0 fully saturated rings. The molecule has 2 nitrogen and oxygen atoms in total. The third kappa shape index (κ3) is 5.33. The topological polar surface area (TPSA) is 21.6 Å². The second-order valence-electron chi connectivity index (χ2n) is 4.21. The van der Waals surface area contributed by atoms with Gasteiger partial charge in [-0.05, 0) is 24.3 Å². The number of alkyl halides is 3. The molecule has 0 aliphatic heterocycles. The molecule has 0 spiro atoms. The Morgan fingerprint density at radius 1 is 0.955 bits per heavy atom. The molecule has 0 aliphatic carbocycles. The van der Waals surface area contributed by atoms with Gasteiger partial charge in [0.1, 0.15) is 0 Å². The smallest absolute Gasteiger partial charge is 0.464 e. The van der Waals surface area contributed by atoms with Crippen molar-refractivity contribution in [2.45, 2.75) is 6.30 Å². The van der Waals surface area contributed by atoms with Crippen LogP contribution in [0.25, 0.3) is 0 Å². The summed E-state index contributed by atoms with van der Waals surface area (Å²) in [5, 5.41) is 0. The van der Waals surface area contributed by atoms with Gasteiger partial charge in [-0.15, -0.1) is 18.2 Å². The SMILES string of the molecule is FC(F)(F)/N=C(/OCC#Cc1ccccc1)c1ccccc1. The fourth-order valence-corrected chi connectivity index (χ4v) is 1.64. The molecule has 0 radical (unpaired) electrons. The van der Waals surface area contributed by atoms with Crippen LogP contribution in [0.1, 0.15) is 11.1 Å². The van der Waals surface area contributed by atoms with Crippen molar-refractivity contribution in [3.05, 3.63) is 71.8 Å². The number of aliphatic imine (C=N–C) groups is 1. The maximum Gasteiger partial charge on any atom is 0.506 e. The summed E-state index contributed by atoms with van der Waals surface area (Å²) in [5.41, 5.74) is 1.02. The molecule has 0 unspecified atom stereocenters. The molecule has 0 bridgehead atoms. The second-order valence-corrected chi connectivity index (χ2v) is 4.21. The van der Waals surface area contributed by atoms with Crippen LogP contribution >= 0.6 is 0 Å². The molecule has 2 aromatic carbocycles. The standard InChI is InChI=1S/C17H12F3NO/c18-17(19,20)21-16(15-11-5-2-6-12-15)22-13-7-10-14-8-3-1-4-9-14/h1-6,8-9,11-12H,13H2/b21-16+. The van der Waals surface area contributed by atoms with Crippen LogP contribution in [0.4, 0.5) is 13.2 Å². The predicted octanol–water partition coefficient (Wildman–Crippen LogP) is 4.02. The molecule has 0 aromatic heterocycles. The lowest BCUT2D eigenvalue weighted by atomic mass is 10.2. The highest BCUT2D eigenvalue weighted by Gasteiger charge is 2.28. The lowest BCUT2D eigenvalue weighted by Crippen LogP contribution is -2.14. The molecular weight excluding hydrogens is 291 g/mol. The van der Waals surface area contributed by atoms with Crippen molar-refractivity contribution >= 4 is 5.90 Å². The summed E-state index contributed by atoms with van der Waals surface area (Å²) in [5.74, 6) is 4.98. The molecule has 5 heteroatoms. The molecule has 0 atom stereocenters. The number of nitrogens with zero attached hydrogens (tertiary/aromatic N) is 1. The third-order valence-electron chi connectivity index (χ3n) is 2.54. The van der Waals surface area contributed by atoms with E-state index in [-0.39, 0.29) is 12.2 Å². The van der Waals surface area contributed by atoms with Crippen LogP contribution in [0.15, 0.2) is 65.7 Å². The van der Waals surface area contributed by atoms with E-state index in [0.717, 1.165) is 5.56 Å². The minimum Gasteiger partial charge on any atom is -0.464 e. The van der Waals surface area contributed by atoms with Crippen molar-refractivity contribution in [3.8, 4) is 11.8 Å². The minimum absolute atomic E-state index is 0.182. The summed E-state index contributed by atoms with van der Waals surface area (Å²) in [6.07, 6.45) is -4.70.